The molecule has 0 radical (unpaired) electrons. The predicted molar refractivity (Wildman–Crippen MR) is 109 cm³/mol. The van der Waals surface area contributed by atoms with Crippen molar-refractivity contribution in [2.45, 2.75) is 19.8 Å². The molecule has 2 aromatic carbocycles. The Balaban J connectivity index is 1.50. The second-order valence-corrected chi connectivity index (χ2v) is 7.71. The van der Waals surface area contributed by atoms with Gasteiger partial charge in [-0.3, -0.25) is 15.1 Å². The molecule has 0 saturated carbocycles. The molecule has 0 unspecified atom stereocenters. The number of nitrogens with zero attached hydrogens (tertiary/aromatic N) is 2. The van der Waals surface area contributed by atoms with E-state index in [-0.39, 0.29) is 5.91 Å². The van der Waals surface area contributed by atoms with Crippen LogP contribution in [0.1, 0.15) is 27.2 Å². The van der Waals surface area contributed by atoms with Crippen LogP contribution in [0.3, 0.4) is 0 Å². The highest BCUT2D eigenvalue weighted by Gasteiger charge is 2.20. The lowest BCUT2D eigenvalue weighted by atomic mass is 9.99. The van der Waals surface area contributed by atoms with Gasteiger partial charge in [0.2, 0.25) is 0 Å². The molecular formula is C22H17N3OS. The van der Waals surface area contributed by atoms with Gasteiger partial charge in [0.1, 0.15) is 0 Å². The van der Waals surface area contributed by atoms with E-state index in [0.717, 1.165) is 34.5 Å². The Morgan fingerprint density at radius 3 is 2.70 bits per heavy atom. The zero-order valence-corrected chi connectivity index (χ0v) is 15.6. The summed E-state index contributed by atoms with van der Waals surface area (Å²) in [6, 6.07) is 16.0. The molecule has 2 aromatic heterocycles. The number of anilines is 1. The van der Waals surface area contributed by atoms with E-state index in [4.69, 9.17) is 0 Å². The fraction of sp³-hybridized carbons (Fsp3) is 0.136. The lowest BCUT2D eigenvalue weighted by Gasteiger charge is -2.08. The Labute approximate surface area is 160 Å². The van der Waals surface area contributed by atoms with E-state index in [1.165, 1.54) is 27.8 Å². The highest BCUT2D eigenvalue weighted by molar-refractivity contribution is 7.19. The van der Waals surface area contributed by atoms with Gasteiger partial charge in [0.25, 0.3) is 5.91 Å². The van der Waals surface area contributed by atoms with Crippen LogP contribution in [0.5, 0.6) is 0 Å². The first kappa shape index (κ1) is 16.1. The summed E-state index contributed by atoms with van der Waals surface area (Å²) in [4.78, 5) is 22.9. The summed E-state index contributed by atoms with van der Waals surface area (Å²) in [6.07, 6.45) is 3.87. The zero-order chi connectivity index (χ0) is 18.4. The summed E-state index contributed by atoms with van der Waals surface area (Å²) in [5.41, 5.74) is 5.11. The number of carbonyl (C=O) groups excluding carboxylic acids is 1. The number of hydrogen-bond donors (Lipinski definition) is 1. The van der Waals surface area contributed by atoms with Crippen molar-refractivity contribution >= 4 is 33.1 Å². The summed E-state index contributed by atoms with van der Waals surface area (Å²) in [5.74, 6) is -0.119. The average Bonchev–Trinajstić information content (AvgIpc) is 3.27. The summed E-state index contributed by atoms with van der Waals surface area (Å²) in [6.45, 7) is 1.94. The third-order valence-electron chi connectivity index (χ3n) is 5.04. The minimum Gasteiger partial charge on any atom is -0.298 e. The predicted octanol–water partition coefficient (Wildman–Crippen LogP) is 5.02. The molecule has 5 rings (SSSR count). The van der Waals surface area contributed by atoms with Crippen LogP contribution in [-0.2, 0) is 12.8 Å². The Morgan fingerprint density at radius 1 is 1.04 bits per heavy atom. The Hall–Kier alpha value is -3.05. The summed E-state index contributed by atoms with van der Waals surface area (Å²) in [7, 11) is 0. The number of rotatable bonds is 3. The number of aromatic nitrogens is 2. The molecule has 0 fully saturated rings. The number of amides is 1. The van der Waals surface area contributed by atoms with Crippen LogP contribution in [0.4, 0.5) is 5.13 Å². The van der Waals surface area contributed by atoms with Crippen molar-refractivity contribution < 1.29 is 4.79 Å². The molecule has 0 atom stereocenters. The van der Waals surface area contributed by atoms with Gasteiger partial charge in [0.05, 0.1) is 16.3 Å². The van der Waals surface area contributed by atoms with Crippen molar-refractivity contribution in [1.82, 2.24) is 9.97 Å². The van der Waals surface area contributed by atoms with Gasteiger partial charge >= 0.3 is 0 Å². The molecule has 1 amide bonds. The van der Waals surface area contributed by atoms with Gasteiger partial charge in [-0.25, -0.2) is 4.98 Å². The van der Waals surface area contributed by atoms with Crippen molar-refractivity contribution in [1.29, 1.82) is 0 Å². The number of aryl methyl sites for hydroxylation is 3. The quantitative estimate of drug-likeness (QED) is 0.550. The Bertz CT molecular complexity index is 1170. The van der Waals surface area contributed by atoms with E-state index in [1.807, 2.05) is 43.3 Å². The third-order valence-corrected chi connectivity index (χ3v) is 6.13. The number of carbonyl (C=O) groups is 1. The maximum absolute atomic E-state index is 13.0. The van der Waals surface area contributed by atoms with Crippen molar-refractivity contribution in [2.24, 2.45) is 0 Å². The lowest BCUT2D eigenvalue weighted by molar-refractivity contribution is 0.102. The Kier molecular flexibility index (Phi) is 3.76. The molecule has 27 heavy (non-hydrogen) atoms. The summed E-state index contributed by atoms with van der Waals surface area (Å²) >= 11 is 1.45. The molecule has 1 aliphatic rings. The second-order valence-electron chi connectivity index (χ2n) is 6.71. The molecule has 1 N–H and O–H groups in total. The minimum absolute atomic E-state index is 0.119. The van der Waals surface area contributed by atoms with Crippen LogP contribution in [-0.4, -0.2) is 15.9 Å². The van der Waals surface area contributed by atoms with Gasteiger partial charge in [-0.1, -0.05) is 41.7 Å². The lowest BCUT2D eigenvalue weighted by Crippen LogP contribution is -2.12. The molecule has 0 saturated heterocycles. The number of hydrogen-bond acceptors (Lipinski definition) is 4. The van der Waals surface area contributed by atoms with E-state index in [1.54, 1.807) is 6.20 Å². The fourth-order valence-electron chi connectivity index (χ4n) is 3.79. The topological polar surface area (TPSA) is 54.9 Å². The van der Waals surface area contributed by atoms with Crippen molar-refractivity contribution in [3.05, 3.63) is 77.1 Å². The first-order valence-corrected chi connectivity index (χ1v) is 9.76. The fourth-order valence-corrected chi connectivity index (χ4v) is 4.73. The largest absolute Gasteiger partial charge is 0.298 e. The molecule has 132 valence electrons. The second kappa shape index (κ2) is 6.28. The number of benzene rings is 2. The highest BCUT2D eigenvalue weighted by atomic mass is 32.1. The first-order chi connectivity index (χ1) is 13.2. The minimum atomic E-state index is -0.119. The van der Waals surface area contributed by atoms with Crippen LogP contribution < -0.4 is 5.32 Å². The molecule has 1 aliphatic carbocycles. The molecular weight excluding hydrogens is 354 g/mol. The van der Waals surface area contributed by atoms with E-state index in [2.05, 4.69) is 27.4 Å². The van der Waals surface area contributed by atoms with Crippen molar-refractivity contribution in [2.75, 3.05) is 5.32 Å². The standard InChI is InChI=1S/C22H17N3OS/c1-13-20(18-7-2-3-12-23-18)27-22(24-13)25-21(26)17-11-10-15-9-8-14-5-4-6-16(17)19(14)15/h2-7,10-12H,8-9H2,1H3,(H,24,25,26). The van der Waals surface area contributed by atoms with Crippen molar-refractivity contribution in [3.63, 3.8) is 0 Å². The van der Waals surface area contributed by atoms with Crippen molar-refractivity contribution in [3.8, 4) is 10.6 Å². The van der Waals surface area contributed by atoms with Crippen LogP contribution in [0.15, 0.2) is 54.7 Å². The van der Waals surface area contributed by atoms with Gasteiger partial charge in [-0.05, 0) is 59.9 Å². The van der Waals surface area contributed by atoms with E-state index >= 15 is 0 Å². The Morgan fingerprint density at radius 2 is 1.89 bits per heavy atom. The van der Waals surface area contributed by atoms with E-state index in [9.17, 15) is 4.79 Å². The molecule has 0 spiro atoms. The summed E-state index contributed by atoms with van der Waals surface area (Å²) in [5, 5.41) is 5.85. The van der Waals surface area contributed by atoms with Gasteiger partial charge in [0.15, 0.2) is 5.13 Å². The maximum atomic E-state index is 13.0. The third kappa shape index (κ3) is 2.71. The summed E-state index contributed by atoms with van der Waals surface area (Å²) < 4.78 is 0. The SMILES string of the molecule is Cc1nc(NC(=O)c2ccc3c4c(cccc24)CC3)sc1-c1ccccn1. The molecule has 0 aliphatic heterocycles. The normalized spacial score (nSPS) is 12.5. The van der Waals surface area contributed by atoms with Gasteiger partial charge in [-0.2, -0.15) is 0 Å². The van der Waals surface area contributed by atoms with Crippen LogP contribution >= 0.6 is 11.3 Å². The first-order valence-electron chi connectivity index (χ1n) is 8.94. The highest BCUT2D eigenvalue weighted by Crippen LogP contribution is 2.34. The number of nitrogens with one attached hydrogen (secondary N) is 1. The monoisotopic (exact) mass is 371 g/mol. The van der Waals surface area contributed by atoms with Crippen LogP contribution in [0.2, 0.25) is 0 Å². The number of thiazole rings is 1. The average molecular weight is 371 g/mol. The molecule has 4 aromatic rings. The smallest absolute Gasteiger partial charge is 0.258 e. The van der Waals surface area contributed by atoms with Gasteiger partial charge < -0.3 is 0 Å². The maximum Gasteiger partial charge on any atom is 0.258 e. The van der Waals surface area contributed by atoms with E-state index < -0.39 is 0 Å². The van der Waals surface area contributed by atoms with Crippen LogP contribution in [0.25, 0.3) is 21.3 Å². The van der Waals surface area contributed by atoms with Gasteiger partial charge in [-0.15, -0.1) is 0 Å². The zero-order valence-electron chi connectivity index (χ0n) is 14.8. The van der Waals surface area contributed by atoms with Crippen LogP contribution in [0, 0.1) is 6.92 Å². The molecule has 5 heteroatoms. The number of pyridine rings is 1. The molecule has 2 heterocycles. The molecule has 4 nitrogen and oxygen atoms in total. The van der Waals surface area contributed by atoms with E-state index in [0.29, 0.717) is 10.7 Å². The molecule has 0 bridgehead atoms. The van der Waals surface area contributed by atoms with Gasteiger partial charge in [0, 0.05) is 11.8 Å².